The van der Waals surface area contributed by atoms with Gasteiger partial charge in [-0.25, -0.2) is 9.40 Å². The van der Waals surface area contributed by atoms with E-state index in [0.29, 0.717) is 10.7 Å². The molecule has 7 nitrogen and oxygen atoms in total. The molecule has 2 aromatic rings. The smallest absolute Gasteiger partial charge is 0.268 e. The van der Waals surface area contributed by atoms with Crippen molar-refractivity contribution in [1.82, 2.24) is 18.8 Å². The Morgan fingerprint density at radius 2 is 1.83 bits per heavy atom. The molecule has 1 heterocycles. The van der Waals surface area contributed by atoms with Crippen molar-refractivity contribution >= 4 is 21.8 Å². The highest BCUT2D eigenvalue weighted by molar-refractivity contribution is 7.87. The molecular formula is C14H17ClN4O3S. The van der Waals surface area contributed by atoms with Crippen LogP contribution >= 0.6 is 11.6 Å². The molecule has 0 atom stereocenters. The molecule has 0 aliphatic rings. The molecular weight excluding hydrogens is 340 g/mol. The molecule has 1 N–H and O–H groups in total. The molecule has 0 aliphatic carbocycles. The summed E-state index contributed by atoms with van der Waals surface area (Å²) in [6.07, 6.45) is 0. The SMILES string of the molecule is CN(C)S(=O)(=O)NCCn1nc(-c2ccc(Cl)cc2)ccc1=O. The van der Waals surface area contributed by atoms with Gasteiger partial charge in [0.25, 0.3) is 15.8 Å². The van der Waals surface area contributed by atoms with Crippen molar-refractivity contribution in [3.05, 3.63) is 51.8 Å². The highest BCUT2D eigenvalue weighted by Gasteiger charge is 2.12. The molecule has 0 unspecified atom stereocenters. The quantitative estimate of drug-likeness (QED) is 0.835. The van der Waals surface area contributed by atoms with E-state index in [1.807, 2.05) is 0 Å². The molecule has 0 radical (unpaired) electrons. The summed E-state index contributed by atoms with van der Waals surface area (Å²) in [4.78, 5) is 11.8. The first-order chi connectivity index (χ1) is 10.8. The summed E-state index contributed by atoms with van der Waals surface area (Å²) < 4.78 is 27.9. The van der Waals surface area contributed by atoms with Gasteiger partial charge in [-0.3, -0.25) is 4.79 Å². The standard InChI is InChI=1S/C14H17ClN4O3S/c1-18(2)23(21,22)16-9-10-19-14(20)8-7-13(17-19)11-3-5-12(15)6-4-11/h3-8,16H,9-10H2,1-2H3. The van der Waals surface area contributed by atoms with Crippen LogP contribution in [0, 0.1) is 0 Å². The molecule has 0 bridgehead atoms. The first kappa shape index (κ1) is 17.6. The third-order valence-corrected chi connectivity index (χ3v) is 4.88. The van der Waals surface area contributed by atoms with Crippen LogP contribution in [0.1, 0.15) is 0 Å². The lowest BCUT2D eigenvalue weighted by atomic mass is 10.1. The highest BCUT2D eigenvalue weighted by atomic mass is 35.5. The lowest BCUT2D eigenvalue weighted by molar-refractivity contribution is 0.494. The maximum Gasteiger partial charge on any atom is 0.278 e. The minimum atomic E-state index is -3.52. The van der Waals surface area contributed by atoms with Crippen molar-refractivity contribution in [2.75, 3.05) is 20.6 Å². The predicted octanol–water partition coefficient (Wildman–Crippen LogP) is 0.960. The van der Waals surface area contributed by atoms with Crippen molar-refractivity contribution in [1.29, 1.82) is 0 Å². The molecule has 1 aromatic heterocycles. The van der Waals surface area contributed by atoms with E-state index >= 15 is 0 Å². The lowest BCUT2D eigenvalue weighted by Crippen LogP contribution is -2.38. The number of aromatic nitrogens is 2. The first-order valence-corrected chi connectivity index (χ1v) is 8.62. The number of nitrogens with zero attached hydrogens (tertiary/aromatic N) is 3. The molecule has 23 heavy (non-hydrogen) atoms. The van der Waals surface area contributed by atoms with Crippen molar-refractivity contribution in [2.45, 2.75) is 6.54 Å². The third kappa shape index (κ3) is 4.61. The Morgan fingerprint density at radius 3 is 2.43 bits per heavy atom. The van der Waals surface area contributed by atoms with Crippen LogP contribution in [0.15, 0.2) is 41.2 Å². The Balaban J connectivity index is 2.15. The van der Waals surface area contributed by atoms with E-state index in [2.05, 4.69) is 9.82 Å². The molecule has 9 heteroatoms. The minimum Gasteiger partial charge on any atom is -0.268 e. The fraction of sp³-hybridized carbons (Fsp3) is 0.286. The molecule has 0 amide bonds. The zero-order chi connectivity index (χ0) is 17.0. The minimum absolute atomic E-state index is 0.0670. The van der Waals surface area contributed by atoms with E-state index in [0.717, 1.165) is 9.87 Å². The number of nitrogens with one attached hydrogen (secondary N) is 1. The first-order valence-electron chi connectivity index (χ1n) is 6.81. The molecule has 2 rings (SSSR count). The van der Waals surface area contributed by atoms with Crippen LogP contribution in [-0.2, 0) is 16.8 Å². The molecule has 0 aliphatic heterocycles. The van der Waals surface area contributed by atoms with Gasteiger partial charge in [-0.1, -0.05) is 23.7 Å². The third-order valence-electron chi connectivity index (χ3n) is 3.10. The molecule has 0 fully saturated rings. The van der Waals surface area contributed by atoms with Gasteiger partial charge in [-0.05, 0) is 18.2 Å². The van der Waals surface area contributed by atoms with E-state index in [9.17, 15) is 13.2 Å². The highest BCUT2D eigenvalue weighted by Crippen LogP contribution is 2.18. The predicted molar refractivity (Wildman–Crippen MR) is 89.6 cm³/mol. The summed E-state index contributed by atoms with van der Waals surface area (Å²) in [5, 5.41) is 4.86. The van der Waals surface area contributed by atoms with Gasteiger partial charge in [0, 0.05) is 37.3 Å². The van der Waals surface area contributed by atoms with E-state index in [-0.39, 0.29) is 18.6 Å². The summed E-state index contributed by atoms with van der Waals surface area (Å²) in [6, 6.07) is 10.1. The van der Waals surface area contributed by atoms with Crippen LogP contribution in [0.4, 0.5) is 0 Å². The number of hydrogen-bond acceptors (Lipinski definition) is 4. The summed E-state index contributed by atoms with van der Waals surface area (Å²) in [6.45, 7) is 0.199. The fourth-order valence-corrected chi connectivity index (χ4v) is 2.53. The van der Waals surface area contributed by atoms with E-state index in [4.69, 9.17) is 11.6 Å². The van der Waals surface area contributed by atoms with Gasteiger partial charge in [0.15, 0.2) is 0 Å². The number of hydrogen-bond donors (Lipinski definition) is 1. The second-order valence-electron chi connectivity index (χ2n) is 4.97. The van der Waals surface area contributed by atoms with Gasteiger partial charge in [0.2, 0.25) is 0 Å². The molecule has 124 valence electrons. The van der Waals surface area contributed by atoms with Gasteiger partial charge in [-0.15, -0.1) is 0 Å². The van der Waals surface area contributed by atoms with Gasteiger partial charge in [-0.2, -0.15) is 17.8 Å². The van der Waals surface area contributed by atoms with Crippen molar-refractivity contribution in [3.63, 3.8) is 0 Å². The van der Waals surface area contributed by atoms with Gasteiger partial charge < -0.3 is 0 Å². The van der Waals surface area contributed by atoms with E-state index in [1.54, 1.807) is 30.3 Å². The second-order valence-corrected chi connectivity index (χ2v) is 7.37. The van der Waals surface area contributed by atoms with E-state index in [1.165, 1.54) is 24.8 Å². The van der Waals surface area contributed by atoms with Gasteiger partial charge in [0.1, 0.15) is 0 Å². The fourth-order valence-electron chi connectivity index (χ4n) is 1.79. The number of halogens is 1. The average molecular weight is 357 g/mol. The molecule has 1 aromatic carbocycles. The monoisotopic (exact) mass is 356 g/mol. The van der Waals surface area contributed by atoms with Crippen molar-refractivity contribution < 1.29 is 8.42 Å². The Hall–Kier alpha value is -1.74. The zero-order valence-electron chi connectivity index (χ0n) is 12.7. The van der Waals surface area contributed by atoms with Crippen LogP contribution in [0.2, 0.25) is 5.02 Å². The summed E-state index contributed by atoms with van der Waals surface area (Å²) >= 11 is 5.85. The lowest BCUT2D eigenvalue weighted by Gasteiger charge is -2.13. The summed E-state index contributed by atoms with van der Waals surface area (Å²) in [7, 11) is -0.674. The van der Waals surface area contributed by atoms with Crippen LogP contribution in [0.25, 0.3) is 11.3 Å². The maximum atomic E-state index is 11.8. The van der Waals surface area contributed by atoms with Crippen LogP contribution in [-0.4, -0.2) is 43.1 Å². The molecule has 0 spiro atoms. The second kappa shape index (κ2) is 7.22. The van der Waals surface area contributed by atoms with Crippen LogP contribution in [0.5, 0.6) is 0 Å². The van der Waals surface area contributed by atoms with Crippen LogP contribution in [0.3, 0.4) is 0 Å². The normalized spacial score (nSPS) is 11.8. The Kier molecular flexibility index (Phi) is 5.53. The van der Waals surface area contributed by atoms with E-state index < -0.39 is 10.2 Å². The Labute approximate surface area is 139 Å². The summed E-state index contributed by atoms with van der Waals surface area (Å²) in [5.74, 6) is 0. The Bertz CT molecular complexity index is 832. The summed E-state index contributed by atoms with van der Waals surface area (Å²) in [5.41, 5.74) is 1.13. The molecule has 0 saturated carbocycles. The zero-order valence-corrected chi connectivity index (χ0v) is 14.3. The topological polar surface area (TPSA) is 84.3 Å². The number of rotatable bonds is 6. The average Bonchev–Trinajstić information content (AvgIpc) is 2.50. The largest absolute Gasteiger partial charge is 0.278 e. The Morgan fingerprint density at radius 1 is 1.17 bits per heavy atom. The van der Waals surface area contributed by atoms with Crippen LogP contribution < -0.4 is 10.3 Å². The maximum absolute atomic E-state index is 11.8. The van der Waals surface area contributed by atoms with Crippen molar-refractivity contribution in [3.8, 4) is 11.3 Å². The molecule has 0 saturated heterocycles. The number of benzene rings is 1. The van der Waals surface area contributed by atoms with Gasteiger partial charge >= 0.3 is 0 Å². The van der Waals surface area contributed by atoms with Gasteiger partial charge in [0.05, 0.1) is 12.2 Å². The van der Waals surface area contributed by atoms with Crippen molar-refractivity contribution in [2.24, 2.45) is 0 Å².